The normalized spacial score (nSPS) is 21.2. The van der Waals surface area contributed by atoms with Crippen LogP contribution in [-0.2, 0) is 6.42 Å². The molecule has 3 N–H and O–H groups in total. The van der Waals surface area contributed by atoms with Crippen molar-refractivity contribution in [3.05, 3.63) is 17.5 Å². The third kappa shape index (κ3) is 1.49. The average Bonchev–Trinajstić information content (AvgIpc) is 2.16. The fraction of sp³-hybridized carbons (Fsp3) is 0.556. The summed E-state index contributed by atoms with van der Waals surface area (Å²) in [4.78, 5) is 8.26. The molecule has 2 rings (SSSR count). The van der Waals surface area contributed by atoms with Crippen molar-refractivity contribution in [2.24, 2.45) is 0 Å². The van der Waals surface area contributed by atoms with Gasteiger partial charge >= 0.3 is 0 Å². The molecule has 1 heterocycles. The monoisotopic (exact) mass is 178 g/mol. The van der Waals surface area contributed by atoms with Crippen LogP contribution >= 0.6 is 0 Å². The van der Waals surface area contributed by atoms with Crippen LogP contribution in [0.15, 0.2) is 6.20 Å². The predicted molar refractivity (Wildman–Crippen MR) is 51.2 cm³/mol. The topological polar surface area (TPSA) is 63.8 Å². The minimum Gasteiger partial charge on any atom is -0.368 e. The SMILES string of the molecule is CNC1CCCc2nc(N)ncc21. The molecule has 4 nitrogen and oxygen atoms in total. The average molecular weight is 178 g/mol. The zero-order valence-electron chi connectivity index (χ0n) is 7.75. The lowest BCUT2D eigenvalue weighted by Gasteiger charge is -2.23. The zero-order valence-corrected chi connectivity index (χ0v) is 7.75. The number of fused-ring (bicyclic) bond motifs is 1. The van der Waals surface area contributed by atoms with E-state index < -0.39 is 0 Å². The van der Waals surface area contributed by atoms with Gasteiger partial charge in [0.25, 0.3) is 0 Å². The molecule has 0 saturated heterocycles. The van der Waals surface area contributed by atoms with Gasteiger partial charge in [-0.15, -0.1) is 0 Å². The first-order chi connectivity index (χ1) is 6.31. The Hall–Kier alpha value is -1.16. The molecule has 0 fully saturated rings. The lowest BCUT2D eigenvalue weighted by Crippen LogP contribution is -2.23. The number of nitrogens with two attached hydrogens (primary N) is 1. The van der Waals surface area contributed by atoms with Gasteiger partial charge in [0.1, 0.15) is 0 Å². The summed E-state index contributed by atoms with van der Waals surface area (Å²) in [6.45, 7) is 0. The molecule has 0 saturated carbocycles. The summed E-state index contributed by atoms with van der Waals surface area (Å²) >= 11 is 0. The van der Waals surface area contributed by atoms with Crippen molar-refractivity contribution < 1.29 is 0 Å². The first kappa shape index (κ1) is 8.44. The number of aromatic nitrogens is 2. The molecule has 13 heavy (non-hydrogen) atoms. The quantitative estimate of drug-likeness (QED) is 0.663. The lowest BCUT2D eigenvalue weighted by molar-refractivity contribution is 0.488. The molecular formula is C9H14N4. The lowest BCUT2D eigenvalue weighted by atomic mass is 9.93. The molecular weight excluding hydrogens is 164 g/mol. The smallest absolute Gasteiger partial charge is 0.220 e. The van der Waals surface area contributed by atoms with Crippen LogP contribution in [0.3, 0.4) is 0 Å². The summed E-state index contributed by atoms with van der Waals surface area (Å²) in [5.41, 5.74) is 7.85. The molecule has 0 aliphatic heterocycles. The van der Waals surface area contributed by atoms with Crippen LogP contribution in [0.25, 0.3) is 0 Å². The highest BCUT2D eigenvalue weighted by Crippen LogP contribution is 2.27. The Labute approximate surface area is 77.6 Å². The molecule has 0 amide bonds. The van der Waals surface area contributed by atoms with Crippen molar-refractivity contribution in [2.45, 2.75) is 25.3 Å². The van der Waals surface area contributed by atoms with E-state index in [0.717, 1.165) is 18.5 Å². The first-order valence-electron chi connectivity index (χ1n) is 4.60. The van der Waals surface area contributed by atoms with Crippen molar-refractivity contribution in [1.29, 1.82) is 0 Å². The van der Waals surface area contributed by atoms with Crippen molar-refractivity contribution in [1.82, 2.24) is 15.3 Å². The maximum absolute atomic E-state index is 5.53. The van der Waals surface area contributed by atoms with E-state index in [1.165, 1.54) is 12.0 Å². The molecule has 0 spiro atoms. The van der Waals surface area contributed by atoms with E-state index in [-0.39, 0.29) is 0 Å². The molecule has 1 aromatic rings. The number of rotatable bonds is 1. The van der Waals surface area contributed by atoms with E-state index in [0.29, 0.717) is 12.0 Å². The number of hydrogen-bond donors (Lipinski definition) is 2. The van der Waals surface area contributed by atoms with Crippen LogP contribution < -0.4 is 11.1 Å². The maximum atomic E-state index is 5.53. The number of anilines is 1. The van der Waals surface area contributed by atoms with Gasteiger partial charge in [0.15, 0.2) is 0 Å². The van der Waals surface area contributed by atoms with Gasteiger partial charge in [-0.05, 0) is 26.3 Å². The van der Waals surface area contributed by atoms with Crippen LogP contribution in [0.1, 0.15) is 30.1 Å². The van der Waals surface area contributed by atoms with E-state index in [2.05, 4.69) is 15.3 Å². The molecule has 0 bridgehead atoms. The Kier molecular flexibility index (Phi) is 2.14. The second-order valence-electron chi connectivity index (χ2n) is 3.36. The van der Waals surface area contributed by atoms with Crippen LogP contribution in [0, 0.1) is 0 Å². The predicted octanol–water partition coefficient (Wildman–Crippen LogP) is 0.656. The minimum atomic E-state index is 0.385. The summed E-state index contributed by atoms with van der Waals surface area (Å²) in [6, 6.07) is 0.407. The Morgan fingerprint density at radius 2 is 2.46 bits per heavy atom. The summed E-state index contributed by atoms with van der Waals surface area (Å²) in [6.07, 6.45) is 5.21. The molecule has 1 aromatic heterocycles. The second-order valence-corrected chi connectivity index (χ2v) is 3.36. The van der Waals surface area contributed by atoms with Gasteiger partial charge in [-0.2, -0.15) is 0 Å². The van der Waals surface area contributed by atoms with Gasteiger partial charge < -0.3 is 11.1 Å². The Bertz CT molecular complexity index is 310. The summed E-state index contributed by atoms with van der Waals surface area (Å²) in [5, 5.41) is 3.26. The molecule has 1 atom stereocenters. The summed E-state index contributed by atoms with van der Waals surface area (Å²) in [7, 11) is 1.97. The molecule has 1 unspecified atom stereocenters. The standard InChI is InChI=1S/C9H14N4/c1-11-7-3-2-4-8-6(7)5-12-9(10)13-8/h5,7,11H,2-4H2,1H3,(H2,10,12,13). The first-order valence-corrected chi connectivity index (χ1v) is 4.60. The van der Waals surface area contributed by atoms with E-state index in [1.807, 2.05) is 13.2 Å². The van der Waals surface area contributed by atoms with Gasteiger partial charge in [-0.3, -0.25) is 0 Å². The van der Waals surface area contributed by atoms with Crippen LogP contribution in [0.5, 0.6) is 0 Å². The number of aryl methyl sites for hydroxylation is 1. The molecule has 70 valence electrons. The number of nitrogens with one attached hydrogen (secondary N) is 1. The highest BCUT2D eigenvalue weighted by molar-refractivity contribution is 5.29. The Morgan fingerprint density at radius 3 is 3.23 bits per heavy atom. The molecule has 0 aromatic carbocycles. The summed E-state index contributed by atoms with van der Waals surface area (Å²) < 4.78 is 0. The molecule has 4 heteroatoms. The van der Waals surface area contributed by atoms with E-state index >= 15 is 0 Å². The van der Waals surface area contributed by atoms with Crippen LogP contribution in [0.4, 0.5) is 5.95 Å². The van der Waals surface area contributed by atoms with Crippen molar-refractivity contribution in [3.8, 4) is 0 Å². The van der Waals surface area contributed by atoms with Crippen molar-refractivity contribution in [2.75, 3.05) is 12.8 Å². The van der Waals surface area contributed by atoms with E-state index in [1.54, 1.807) is 0 Å². The van der Waals surface area contributed by atoms with Gasteiger partial charge in [-0.1, -0.05) is 0 Å². The number of hydrogen-bond acceptors (Lipinski definition) is 4. The fourth-order valence-corrected chi connectivity index (χ4v) is 1.86. The van der Waals surface area contributed by atoms with Crippen LogP contribution in [0.2, 0.25) is 0 Å². The van der Waals surface area contributed by atoms with Gasteiger partial charge in [-0.25, -0.2) is 9.97 Å². The number of nitrogens with zero attached hydrogens (tertiary/aromatic N) is 2. The third-order valence-corrected chi connectivity index (χ3v) is 2.55. The van der Waals surface area contributed by atoms with Gasteiger partial charge in [0, 0.05) is 17.8 Å². The minimum absolute atomic E-state index is 0.385. The molecule has 0 radical (unpaired) electrons. The van der Waals surface area contributed by atoms with Crippen molar-refractivity contribution >= 4 is 5.95 Å². The van der Waals surface area contributed by atoms with E-state index in [4.69, 9.17) is 5.73 Å². The largest absolute Gasteiger partial charge is 0.368 e. The zero-order chi connectivity index (χ0) is 9.26. The third-order valence-electron chi connectivity index (χ3n) is 2.55. The fourth-order valence-electron chi connectivity index (χ4n) is 1.86. The van der Waals surface area contributed by atoms with Crippen LogP contribution in [-0.4, -0.2) is 17.0 Å². The highest BCUT2D eigenvalue weighted by atomic mass is 15.0. The Balaban J connectivity index is 2.40. The van der Waals surface area contributed by atoms with Gasteiger partial charge in [0.2, 0.25) is 5.95 Å². The van der Waals surface area contributed by atoms with Gasteiger partial charge in [0.05, 0.1) is 5.69 Å². The second kappa shape index (κ2) is 3.30. The van der Waals surface area contributed by atoms with Crippen molar-refractivity contribution in [3.63, 3.8) is 0 Å². The number of nitrogen functional groups attached to an aromatic ring is 1. The summed E-state index contributed by atoms with van der Waals surface area (Å²) in [5.74, 6) is 0.385. The Morgan fingerprint density at radius 1 is 1.62 bits per heavy atom. The van der Waals surface area contributed by atoms with E-state index in [9.17, 15) is 0 Å². The molecule has 1 aliphatic rings. The maximum Gasteiger partial charge on any atom is 0.220 e. The molecule has 1 aliphatic carbocycles. The highest BCUT2D eigenvalue weighted by Gasteiger charge is 2.19.